The first kappa shape index (κ1) is 23.3. The Labute approximate surface area is 168 Å². The second-order valence-corrected chi connectivity index (χ2v) is 8.74. The van der Waals surface area contributed by atoms with E-state index in [2.05, 4.69) is 98.7 Å². The number of benzene rings is 2. The predicted octanol–water partition coefficient (Wildman–Crippen LogP) is 8.18. The molecule has 2 aromatic rings. The first-order valence-corrected chi connectivity index (χ1v) is 10.4. The van der Waals surface area contributed by atoms with Crippen molar-refractivity contribution >= 4 is 0 Å². The average molecular weight is 369 g/mol. The molecule has 0 N–H and O–H groups in total. The van der Waals surface area contributed by atoms with Crippen LogP contribution in [0.5, 0.6) is 5.75 Å². The molecule has 0 saturated carbocycles. The molecular weight excluding hydrogens is 328 g/mol. The van der Waals surface area contributed by atoms with E-state index >= 15 is 0 Å². The molecule has 0 aliphatic heterocycles. The number of hydrogen-bond acceptors (Lipinski definition) is 1. The molecule has 0 unspecified atom stereocenters. The molecule has 0 amide bonds. The molecule has 2 rings (SSSR count). The number of ether oxygens (including phenoxy) is 1. The number of rotatable bonds is 5. The van der Waals surface area contributed by atoms with Crippen molar-refractivity contribution in [2.75, 3.05) is 7.11 Å². The van der Waals surface area contributed by atoms with Gasteiger partial charge in [-0.1, -0.05) is 85.7 Å². The van der Waals surface area contributed by atoms with Crippen molar-refractivity contribution in [2.45, 2.75) is 86.0 Å². The van der Waals surface area contributed by atoms with E-state index in [1.54, 1.807) is 7.11 Å². The van der Waals surface area contributed by atoms with E-state index < -0.39 is 0 Å². The maximum Gasteiger partial charge on any atom is 0.122 e. The van der Waals surface area contributed by atoms with E-state index in [1.807, 2.05) is 0 Å². The lowest BCUT2D eigenvalue weighted by molar-refractivity contribution is 0.407. The zero-order chi connectivity index (χ0) is 20.7. The van der Waals surface area contributed by atoms with Gasteiger partial charge in [-0.05, 0) is 64.5 Å². The fourth-order valence-electron chi connectivity index (χ4n) is 3.20. The SMILES string of the molecule is COc1ccc(C(C)C)cc1C(C)C.Cc1ccc(C(C)C)cc1C(C)C. The van der Waals surface area contributed by atoms with Gasteiger partial charge in [-0.15, -0.1) is 0 Å². The highest BCUT2D eigenvalue weighted by Gasteiger charge is 2.09. The van der Waals surface area contributed by atoms with Crippen LogP contribution in [0.3, 0.4) is 0 Å². The van der Waals surface area contributed by atoms with Gasteiger partial charge < -0.3 is 4.74 Å². The van der Waals surface area contributed by atoms with E-state index in [0.717, 1.165) is 5.75 Å². The Kier molecular flexibility index (Phi) is 9.09. The molecule has 1 heteroatoms. The molecule has 0 aliphatic carbocycles. The van der Waals surface area contributed by atoms with Crippen LogP contribution < -0.4 is 4.74 Å². The number of hydrogen-bond donors (Lipinski definition) is 0. The lowest BCUT2D eigenvalue weighted by Gasteiger charge is -2.15. The first-order chi connectivity index (χ1) is 12.6. The Morgan fingerprint density at radius 2 is 1.04 bits per heavy atom. The summed E-state index contributed by atoms with van der Waals surface area (Å²) in [4.78, 5) is 0. The summed E-state index contributed by atoms with van der Waals surface area (Å²) in [6.07, 6.45) is 0. The smallest absolute Gasteiger partial charge is 0.122 e. The van der Waals surface area contributed by atoms with Crippen LogP contribution in [0.15, 0.2) is 36.4 Å². The van der Waals surface area contributed by atoms with Gasteiger partial charge in [0.1, 0.15) is 5.75 Å². The summed E-state index contributed by atoms with van der Waals surface area (Å²) < 4.78 is 5.34. The van der Waals surface area contributed by atoms with Gasteiger partial charge in [0.25, 0.3) is 0 Å². The molecule has 0 saturated heterocycles. The fourth-order valence-corrected chi connectivity index (χ4v) is 3.20. The van der Waals surface area contributed by atoms with Crippen LogP contribution in [0.4, 0.5) is 0 Å². The van der Waals surface area contributed by atoms with Crippen molar-refractivity contribution in [3.05, 3.63) is 64.2 Å². The van der Waals surface area contributed by atoms with Gasteiger partial charge in [-0.25, -0.2) is 0 Å². The summed E-state index contributed by atoms with van der Waals surface area (Å²) in [6.45, 7) is 20.0. The largest absolute Gasteiger partial charge is 0.496 e. The maximum absolute atomic E-state index is 5.34. The second-order valence-electron chi connectivity index (χ2n) is 8.74. The molecular formula is C26H40O. The monoisotopic (exact) mass is 368 g/mol. The van der Waals surface area contributed by atoms with Crippen LogP contribution in [0.2, 0.25) is 0 Å². The molecule has 0 fully saturated rings. The van der Waals surface area contributed by atoms with Crippen molar-refractivity contribution in [1.29, 1.82) is 0 Å². The lowest BCUT2D eigenvalue weighted by atomic mass is 9.92. The van der Waals surface area contributed by atoms with E-state index in [-0.39, 0.29) is 0 Å². The molecule has 0 heterocycles. The Morgan fingerprint density at radius 1 is 0.593 bits per heavy atom. The Bertz CT molecular complexity index is 708. The maximum atomic E-state index is 5.34. The minimum absolute atomic E-state index is 0.517. The van der Waals surface area contributed by atoms with Gasteiger partial charge in [0.15, 0.2) is 0 Å². The summed E-state index contributed by atoms with van der Waals surface area (Å²) in [5, 5.41) is 0. The summed E-state index contributed by atoms with van der Waals surface area (Å²) in [7, 11) is 1.73. The standard InChI is InChI=1S/C13H20O.C13H20/c1-9(2)11-6-7-13(14-5)12(8-11)10(3)4;1-9(2)12-7-6-11(5)13(8-12)10(3)4/h6-10H,1-5H3;6-10H,1-5H3. The van der Waals surface area contributed by atoms with Crippen molar-refractivity contribution < 1.29 is 4.74 Å². The highest BCUT2D eigenvalue weighted by molar-refractivity contribution is 5.40. The van der Waals surface area contributed by atoms with Crippen LogP contribution in [0.1, 0.15) is 107 Å². The Morgan fingerprint density at radius 3 is 1.44 bits per heavy atom. The summed E-state index contributed by atoms with van der Waals surface area (Å²) >= 11 is 0. The van der Waals surface area contributed by atoms with Gasteiger partial charge in [0.05, 0.1) is 7.11 Å². The molecule has 150 valence electrons. The van der Waals surface area contributed by atoms with E-state index in [1.165, 1.54) is 27.8 Å². The quantitative estimate of drug-likeness (QED) is 0.517. The molecule has 1 nitrogen and oxygen atoms in total. The zero-order valence-electron chi connectivity index (χ0n) is 19.2. The van der Waals surface area contributed by atoms with Crippen LogP contribution in [-0.2, 0) is 0 Å². The molecule has 0 aromatic heterocycles. The highest BCUT2D eigenvalue weighted by Crippen LogP contribution is 2.29. The molecule has 0 spiro atoms. The third-order valence-electron chi connectivity index (χ3n) is 5.13. The van der Waals surface area contributed by atoms with Crippen molar-refractivity contribution in [2.24, 2.45) is 0 Å². The van der Waals surface area contributed by atoms with Crippen LogP contribution in [0, 0.1) is 6.92 Å². The van der Waals surface area contributed by atoms with Gasteiger partial charge in [0.2, 0.25) is 0 Å². The predicted molar refractivity (Wildman–Crippen MR) is 121 cm³/mol. The summed E-state index contributed by atoms with van der Waals surface area (Å²) in [6, 6.07) is 13.3. The van der Waals surface area contributed by atoms with Crippen molar-refractivity contribution in [1.82, 2.24) is 0 Å². The number of methoxy groups -OCH3 is 1. The van der Waals surface area contributed by atoms with Gasteiger partial charge >= 0.3 is 0 Å². The van der Waals surface area contributed by atoms with E-state index in [0.29, 0.717) is 23.7 Å². The van der Waals surface area contributed by atoms with E-state index in [4.69, 9.17) is 4.74 Å². The second kappa shape index (κ2) is 10.5. The Hall–Kier alpha value is -1.76. The third-order valence-corrected chi connectivity index (χ3v) is 5.13. The molecule has 27 heavy (non-hydrogen) atoms. The minimum Gasteiger partial charge on any atom is -0.496 e. The molecule has 2 aromatic carbocycles. The average Bonchev–Trinajstić information content (AvgIpc) is 2.61. The number of aryl methyl sites for hydroxylation is 1. The molecule has 0 radical (unpaired) electrons. The van der Waals surface area contributed by atoms with Crippen molar-refractivity contribution in [3.8, 4) is 5.75 Å². The van der Waals surface area contributed by atoms with Crippen LogP contribution in [-0.4, -0.2) is 7.11 Å². The van der Waals surface area contributed by atoms with Gasteiger partial charge in [0, 0.05) is 0 Å². The topological polar surface area (TPSA) is 9.23 Å². The summed E-state index contributed by atoms with van der Waals surface area (Å²) in [5.74, 6) is 3.38. The minimum atomic E-state index is 0.517. The zero-order valence-corrected chi connectivity index (χ0v) is 19.2. The first-order valence-electron chi connectivity index (χ1n) is 10.4. The summed E-state index contributed by atoms with van der Waals surface area (Å²) in [5.41, 5.74) is 7.05. The normalized spacial score (nSPS) is 11.2. The van der Waals surface area contributed by atoms with E-state index in [9.17, 15) is 0 Å². The lowest BCUT2D eigenvalue weighted by Crippen LogP contribution is -1.97. The Balaban J connectivity index is 0.000000271. The van der Waals surface area contributed by atoms with Crippen LogP contribution >= 0.6 is 0 Å². The molecule has 0 aliphatic rings. The van der Waals surface area contributed by atoms with Crippen molar-refractivity contribution in [3.63, 3.8) is 0 Å². The third kappa shape index (κ3) is 6.72. The molecule has 0 atom stereocenters. The molecule has 0 bridgehead atoms. The van der Waals surface area contributed by atoms with Gasteiger partial charge in [-0.3, -0.25) is 0 Å². The highest BCUT2D eigenvalue weighted by atomic mass is 16.5. The fraction of sp³-hybridized carbons (Fsp3) is 0.538. The van der Waals surface area contributed by atoms with Gasteiger partial charge in [-0.2, -0.15) is 0 Å². The van der Waals surface area contributed by atoms with Crippen LogP contribution in [0.25, 0.3) is 0 Å².